The lowest BCUT2D eigenvalue weighted by atomic mass is 9.84. The lowest BCUT2D eigenvalue weighted by molar-refractivity contribution is 0.0561. The molecule has 1 aliphatic heterocycles. The van der Waals surface area contributed by atoms with Crippen LogP contribution >= 0.6 is 0 Å². The SMILES string of the molecule is CCCC1CNC(C(C)(C)C)CN1CCOC. The van der Waals surface area contributed by atoms with Gasteiger partial charge in [-0.05, 0) is 11.8 Å². The first-order chi connectivity index (χ1) is 7.99. The summed E-state index contributed by atoms with van der Waals surface area (Å²) in [5.41, 5.74) is 0.336. The maximum atomic E-state index is 5.23. The van der Waals surface area contributed by atoms with Gasteiger partial charge in [0, 0.05) is 38.8 Å². The van der Waals surface area contributed by atoms with Crippen molar-refractivity contribution in [1.82, 2.24) is 10.2 Å². The highest BCUT2D eigenvalue weighted by atomic mass is 16.5. The minimum absolute atomic E-state index is 0.336. The Morgan fingerprint density at radius 1 is 1.35 bits per heavy atom. The van der Waals surface area contributed by atoms with Crippen LogP contribution in [-0.4, -0.2) is 50.3 Å². The Balaban J connectivity index is 2.56. The van der Waals surface area contributed by atoms with Crippen LogP contribution in [0.2, 0.25) is 0 Å². The molecule has 0 spiro atoms. The van der Waals surface area contributed by atoms with Crippen LogP contribution in [0.5, 0.6) is 0 Å². The van der Waals surface area contributed by atoms with Crippen LogP contribution in [-0.2, 0) is 4.74 Å². The molecule has 0 aliphatic carbocycles. The molecule has 102 valence electrons. The average Bonchev–Trinajstić information content (AvgIpc) is 2.26. The van der Waals surface area contributed by atoms with Crippen molar-refractivity contribution in [2.75, 3.05) is 33.4 Å². The van der Waals surface area contributed by atoms with Gasteiger partial charge in [-0.25, -0.2) is 0 Å². The van der Waals surface area contributed by atoms with Crippen molar-refractivity contribution in [3.63, 3.8) is 0 Å². The van der Waals surface area contributed by atoms with Gasteiger partial charge in [0.05, 0.1) is 6.61 Å². The van der Waals surface area contributed by atoms with Gasteiger partial charge in [-0.3, -0.25) is 4.90 Å². The van der Waals surface area contributed by atoms with Crippen LogP contribution in [0.3, 0.4) is 0 Å². The van der Waals surface area contributed by atoms with Crippen molar-refractivity contribution in [2.45, 2.75) is 52.6 Å². The molecule has 1 fully saturated rings. The Kier molecular flexibility index (Phi) is 5.90. The van der Waals surface area contributed by atoms with Crippen LogP contribution in [0.15, 0.2) is 0 Å². The van der Waals surface area contributed by atoms with Gasteiger partial charge in [-0.2, -0.15) is 0 Å². The molecule has 0 bridgehead atoms. The number of ether oxygens (including phenoxy) is 1. The van der Waals surface area contributed by atoms with Crippen molar-refractivity contribution in [1.29, 1.82) is 0 Å². The van der Waals surface area contributed by atoms with Gasteiger partial charge in [-0.15, -0.1) is 0 Å². The van der Waals surface area contributed by atoms with Crippen LogP contribution < -0.4 is 5.32 Å². The standard InChI is InChI=1S/C14H30N2O/c1-6-7-12-10-15-13(14(2,3)4)11-16(12)8-9-17-5/h12-13,15H,6-11H2,1-5H3. The predicted molar refractivity (Wildman–Crippen MR) is 73.4 cm³/mol. The van der Waals surface area contributed by atoms with E-state index in [1.165, 1.54) is 12.8 Å². The molecule has 0 amide bonds. The molecule has 17 heavy (non-hydrogen) atoms. The van der Waals surface area contributed by atoms with Crippen LogP contribution in [0.1, 0.15) is 40.5 Å². The third-order valence-corrected chi connectivity index (χ3v) is 3.78. The maximum absolute atomic E-state index is 5.23. The van der Waals surface area contributed by atoms with Gasteiger partial charge < -0.3 is 10.1 Å². The first-order valence-electron chi connectivity index (χ1n) is 6.95. The van der Waals surface area contributed by atoms with Gasteiger partial charge in [0.25, 0.3) is 0 Å². The lowest BCUT2D eigenvalue weighted by Crippen LogP contribution is -2.60. The number of hydrogen-bond donors (Lipinski definition) is 1. The molecule has 0 radical (unpaired) electrons. The quantitative estimate of drug-likeness (QED) is 0.799. The lowest BCUT2D eigenvalue weighted by Gasteiger charge is -2.45. The highest BCUT2D eigenvalue weighted by Gasteiger charge is 2.33. The molecule has 0 saturated carbocycles. The number of piperazine rings is 1. The summed E-state index contributed by atoms with van der Waals surface area (Å²) >= 11 is 0. The Morgan fingerprint density at radius 2 is 2.06 bits per heavy atom. The third-order valence-electron chi connectivity index (χ3n) is 3.78. The molecule has 2 atom stereocenters. The molecule has 3 nitrogen and oxygen atoms in total. The second-order valence-corrected chi connectivity index (χ2v) is 6.26. The van der Waals surface area contributed by atoms with Crippen molar-refractivity contribution in [3.05, 3.63) is 0 Å². The highest BCUT2D eigenvalue weighted by molar-refractivity contribution is 4.91. The van der Waals surface area contributed by atoms with Crippen LogP contribution in [0.4, 0.5) is 0 Å². The van der Waals surface area contributed by atoms with Crippen molar-refractivity contribution >= 4 is 0 Å². The third kappa shape index (κ3) is 4.57. The van der Waals surface area contributed by atoms with Gasteiger partial charge in [0.1, 0.15) is 0 Å². The fourth-order valence-electron chi connectivity index (χ4n) is 2.54. The molecular weight excluding hydrogens is 212 g/mol. The molecule has 0 aromatic carbocycles. The zero-order valence-electron chi connectivity index (χ0n) is 12.3. The van der Waals surface area contributed by atoms with Crippen LogP contribution in [0, 0.1) is 5.41 Å². The number of hydrogen-bond acceptors (Lipinski definition) is 3. The molecule has 3 heteroatoms. The van der Waals surface area contributed by atoms with E-state index in [0.29, 0.717) is 17.5 Å². The zero-order valence-corrected chi connectivity index (χ0v) is 12.3. The zero-order chi connectivity index (χ0) is 12.9. The van der Waals surface area contributed by atoms with E-state index in [1.54, 1.807) is 7.11 Å². The molecule has 0 aromatic heterocycles. The first kappa shape index (κ1) is 14.9. The number of methoxy groups -OCH3 is 1. The van der Waals surface area contributed by atoms with Crippen molar-refractivity contribution in [3.8, 4) is 0 Å². The Hall–Kier alpha value is -0.120. The number of rotatable bonds is 5. The monoisotopic (exact) mass is 242 g/mol. The molecule has 1 heterocycles. The van der Waals surface area contributed by atoms with E-state index in [-0.39, 0.29) is 0 Å². The van der Waals surface area contributed by atoms with Crippen molar-refractivity contribution in [2.24, 2.45) is 5.41 Å². The second kappa shape index (κ2) is 6.72. The summed E-state index contributed by atoms with van der Waals surface area (Å²) in [6.07, 6.45) is 2.55. The number of nitrogens with one attached hydrogen (secondary N) is 1. The fraction of sp³-hybridized carbons (Fsp3) is 1.00. The fourth-order valence-corrected chi connectivity index (χ4v) is 2.54. The summed E-state index contributed by atoms with van der Waals surface area (Å²) in [5.74, 6) is 0. The molecule has 1 saturated heterocycles. The van der Waals surface area contributed by atoms with Crippen LogP contribution in [0.25, 0.3) is 0 Å². The Morgan fingerprint density at radius 3 is 2.59 bits per heavy atom. The maximum Gasteiger partial charge on any atom is 0.0589 e. The largest absolute Gasteiger partial charge is 0.383 e. The van der Waals surface area contributed by atoms with E-state index in [4.69, 9.17) is 4.74 Å². The normalized spacial score (nSPS) is 27.4. The topological polar surface area (TPSA) is 24.5 Å². The first-order valence-corrected chi connectivity index (χ1v) is 6.95. The summed E-state index contributed by atoms with van der Waals surface area (Å²) in [7, 11) is 1.79. The molecule has 0 aromatic rings. The molecule has 2 unspecified atom stereocenters. The van der Waals surface area contributed by atoms with Gasteiger partial charge >= 0.3 is 0 Å². The highest BCUT2D eigenvalue weighted by Crippen LogP contribution is 2.24. The van der Waals surface area contributed by atoms with E-state index in [9.17, 15) is 0 Å². The summed E-state index contributed by atoms with van der Waals surface area (Å²) in [6, 6.07) is 1.28. The Bertz CT molecular complexity index is 213. The average molecular weight is 242 g/mol. The van der Waals surface area contributed by atoms with Gasteiger partial charge in [-0.1, -0.05) is 34.1 Å². The minimum Gasteiger partial charge on any atom is -0.383 e. The van der Waals surface area contributed by atoms with E-state index >= 15 is 0 Å². The minimum atomic E-state index is 0.336. The molecule has 1 rings (SSSR count). The summed E-state index contributed by atoms with van der Waals surface area (Å²) in [6.45, 7) is 13.4. The van der Waals surface area contributed by atoms with E-state index in [2.05, 4.69) is 37.9 Å². The smallest absolute Gasteiger partial charge is 0.0589 e. The summed E-state index contributed by atoms with van der Waals surface area (Å²) in [5, 5.41) is 3.72. The summed E-state index contributed by atoms with van der Waals surface area (Å²) in [4.78, 5) is 2.61. The van der Waals surface area contributed by atoms with E-state index in [0.717, 1.165) is 26.2 Å². The van der Waals surface area contributed by atoms with Crippen molar-refractivity contribution < 1.29 is 4.74 Å². The molecule has 1 aliphatic rings. The van der Waals surface area contributed by atoms with Gasteiger partial charge in [0.15, 0.2) is 0 Å². The second-order valence-electron chi connectivity index (χ2n) is 6.26. The molecular formula is C14H30N2O. The predicted octanol–water partition coefficient (Wildman–Crippen LogP) is 2.12. The summed E-state index contributed by atoms with van der Waals surface area (Å²) < 4.78 is 5.23. The van der Waals surface area contributed by atoms with E-state index < -0.39 is 0 Å². The Labute approximate surface area is 107 Å². The number of nitrogens with zero attached hydrogens (tertiary/aromatic N) is 1. The van der Waals surface area contributed by atoms with Gasteiger partial charge in [0.2, 0.25) is 0 Å². The van der Waals surface area contributed by atoms with E-state index in [1.807, 2.05) is 0 Å². The molecule has 1 N–H and O–H groups in total.